The van der Waals surface area contributed by atoms with E-state index >= 15 is 0 Å². The molecule has 3 aromatic rings. The summed E-state index contributed by atoms with van der Waals surface area (Å²) in [6, 6.07) is 5.01. The zero-order chi connectivity index (χ0) is 14.8. The first-order valence-electron chi connectivity index (χ1n) is 6.36. The van der Waals surface area contributed by atoms with Gasteiger partial charge < -0.3 is 14.9 Å². The highest BCUT2D eigenvalue weighted by molar-refractivity contribution is 6.05. The predicted octanol–water partition coefficient (Wildman–Crippen LogP) is 0.587. The van der Waals surface area contributed by atoms with Gasteiger partial charge in [0.15, 0.2) is 0 Å². The molecule has 0 aliphatic rings. The Morgan fingerprint density at radius 3 is 3.05 bits per heavy atom. The molecule has 2 N–H and O–H groups in total. The van der Waals surface area contributed by atoms with Crippen LogP contribution in [-0.4, -0.2) is 25.4 Å². The van der Waals surface area contributed by atoms with Crippen LogP contribution in [0.5, 0.6) is 0 Å². The van der Waals surface area contributed by atoms with E-state index in [2.05, 4.69) is 20.3 Å². The Bertz CT molecular complexity index is 860. The fourth-order valence-corrected chi connectivity index (χ4v) is 2.13. The monoisotopic (exact) mass is 283 g/mol. The van der Waals surface area contributed by atoms with Crippen molar-refractivity contribution < 1.29 is 4.79 Å². The van der Waals surface area contributed by atoms with Crippen LogP contribution < -0.4 is 10.9 Å². The summed E-state index contributed by atoms with van der Waals surface area (Å²) < 4.78 is 1.82. The molecule has 0 spiro atoms. The van der Waals surface area contributed by atoms with Crippen molar-refractivity contribution in [1.82, 2.24) is 24.8 Å². The number of benzene rings is 1. The van der Waals surface area contributed by atoms with Crippen LogP contribution in [0.25, 0.3) is 10.9 Å². The number of aromatic nitrogens is 4. The summed E-state index contributed by atoms with van der Waals surface area (Å²) in [5, 5.41) is 3.08. The van der Waals surface area contributed by atoms with E-state index < -0.39 is 0 Å². The highest BCUT2D eigenvalue weighted by Crippen LogP contribution is 2.12. The Kier molecular flexibility index (Phi) is 3.23. The normalized spacial score (nSPS) is 10.7. The number of amides is 1. The lowest BCUT2D eigenvalue weighted by Gasteiger charge is -2.07. The highest BCUT2D eigenvalue weighted by Gasteiger charge is 2.13. The summed E-state index contributed by atoms with van der Waals surface area (Å²) in [7, 11) is 1.85. The lowest BCUT2D eigenvalue weighted by molar-refractivity contribution is 0.0951. The number of hydrogen-bond acceptors (Lipinski definition) is 4. The first-order chi connectivity index (χ1) is 10.2. The van der Waals surface area contributed by atoms with Gasteiger partial charge in [-0.15, -0.1) is 0 Å². The van der Waals surface area contributed by atoms with E-state index in [-0.39, 0.29) is 11.5 Å². The molecule has 0 bridgehead atoms. The molecule has 2 aromatic heterocycles. The Labute approximate surface area is 119 Å². The summed E-state index contributed by atoms with van der Waals surface area (Å²) in [6.45, 7) is 0.337. The average molecular weight is 283 g/mol. The summed E-state index contributed by atoms with van der Waals surface area (Å²) in [5.74, 6) is -0.319. The Morgan fingerprint density at radius 2 is 2.29 bits per heavy atom. The van der Waals surface area contributed by atoms with Crippen LogP contribution in [0.3, 0.4) is 0 Å². The van der Waals surface area contributed by atoms with Crippen molar-refractivity contribution in [1.29, 1.82) is 0 Å². The van der Waals surface area contributed by atoms with Gasteiger partial charge in [-0.1, -0.05) is 6.07 Å². The fourth-order valence-electron chi connectivity index (χ4n) is 2.13. The van der Waals surface area contributed by atoms with Crippen molar-refractivity contribution in [3.8, 4) is 0 Å². The number of nitrogens with one attached hydrogen (secondary N) is 2. The van der Waals surface area contributed by atoms with Crippen molar-refractivity contribution in [3.05, 3.63) is 58.7 Å². The van der Waals surface area contributed by atoms with Gasteiger partial charge in [-0.3, -0.25) is 9.59 Å². The topological polar surface area (TPSA) is 92.7 Å². The SMILES string of the molecule is Cn1cncc1CNC(=O)c1cccc2nc[nH]c(=O)c12. The summed E-state index contributed by atoms with van der Waals surface area (Å²) in [4.78, 5) is 34.7. The molecule has 0 aliphatic heterocycles. The molecule has 7 nitrogen and oxygen atoms in total. The first kappa shape index (κ1) is 13.0. The number of aromatic amines is 1. The summed E-state index contributed by atoms with van der Waals surface area (Å²) in [5.41, 5.74) is 1.35. The van der Waals surface area contributed by atoms with Gasteiger partial charge in [-0.2, -0.15) is 0 Å². The molecule has 2 heterocycles. The van der Waals surface area contributed by atoms with Gasteiger partial charge in [-0.25, -0.2) is 9.97 Å². The number of imidazole rings is 1. The molecule has 0 saturated carbocycles. The third kappa shape index (κ3) is 2.40. The average Bonchev–Trinajstić information content (AvgIpc) is 2.90. The number of fused-ring (bicyclic) bond motifs is 1. The molecule has 1 amide bonds. The molecule has 0 fully saturated rings. The maximum absolute atomic E-state index is 12.3. The van der Waals surface area contributed by atoms with Crippen molar-refractivity contribution in [3.63, 3.8) is 0 Å². The highest BCUT2D eigenvalue weighted by atomic mass is 16.2. The third-order valence-corrected chi connectivity index (χ3v) is 3.26. The molecule has 7 heteroatoms. The largest absolute Gasteiger partial charge is 0.346 e. The first-order valence-corrected chi connectivity index (χ1v) is 6.36. The summed E-state index contributed by atoms with van der Waals surface area (Å²) >= 11 is 0. The second kappa shape index (κ2) is 5.20. The lowest BCUT2D eigenvalue weighted by Crippen LogP contribution is -2.25. The van der Waals surface area contributed by atoms with E-state index in [1.54, 1.807) is 30.7 Å². The van der Waals surface area contributed by atoms with Gasteiger partial charge in [-0.05, 0) is 12.1 Å². The fraction of sp³-hybridized carbons (Fsp3) is 0.143. The van der Waals surface area contributed by atoms with Crippen molar-refractivity contribution in [2.24, 2.45) is 7.05 Å². The molecule has 0 aliphatic carbocycles. The van der Waals surface area contributed by atoms with Gasteiger partial charge >= 0.3 is 0 Å². The van der Waals surface area contributed by atoms with Crippen molar-refractivity contribution in [2.45, 2.75) is 6.54 Å². The van der Waals surface area contributed by atoms with Crippen LogP contribution in [0.15, 0.2) is 41.8 Å². The lowest BCUT2D eigenvalue weighted by atomic mass is 10.1. The van der Waals surface area contributed by atoms with Crippen LogP contribution in [0.2, 0.25) is 0 Å². The number of carbonyl (C=O) groups is 1. The van der Waals surface area contributed by atoms with Crippen molar-refractivity contribution in [2.75, 3.05) is 0 Å². The summed E-state index contributed by atoms with van der Waals surface area (Å²) in [6.07, 6.45) is 4.66. The van der Waals surface area contributed by atoms with E-state index in [4.69, 9.17) is 0 Å². The van der Waals surface area contributed by atoms with E-state index in [0.717, 1.165) is 5.69 Å². The molecule has 0 saturated heterocycles. The molecule has 106 valence electrons. The number of aryl methyl sites for hydroxylation is 1. The molecular weight excluding hydrogens is 270 g/mol. The standard InChI is InChI=1S/C14H13N5O2/c1-19-8-15-5-9(19)6-16-13(20)10-3-2-4-11-12(10)14(21)18-7-17-11/h2-5,7-8H,6H2,1H3,(H,16,20)(H,17,18,21). The van der Waals surface area contributed by atoms with Crippen LogP contribution in [0.1, 0.15) is 16.1 Å². The molecule has 1 aromatic carbocycles. The Balaban J connectivity index is 1.92. The van der Waals surface area contributed by atoms with E-state index in [9.17, 15) is 9.59 Å². The molecule has 0 unspecified atom stereocenters. The van der Waals surface area contributed by atoms with Crippen molar-refractivity contribution >= 4 is 16.8 Å². The van der Waals surface area contributed by atoms with Gasteiger partial charge in [0.2, 0.25) is 0 Å². The van der Waals surface area contributed by atoms with Crippen LogP contribution in [0.4, 0.5) is 0 Å². The third-order valence-electron chi connectivity index (χ3n) is 3.26. The Hall–Kier alpha value is -2.96. The quantitative estimate of drug-likeness (QED) is 0.735. The zero-order valence-corrected chi connectivity index (χ0v) is 11.3. The molecule has 0 radical (unpaired) electrons. The van der Waals surface area contributed by atoms with Gasteiger partial charge in [0.25, 0.3) is 11.5 Å². The van der Waals surface area contributed by atoms with Gasteiger partial charge in [0.05, 0.1) is 41.4 Å². The second-order valence-corrected chi connectivity index (χ2v) is 4.61. The van der Waals surface area contributed by atoms with Gasteiger partial charge in [0.1, 0.15) is 0 Å². The second-order valence-electron chi connectivity index (χ2n) is 4.61. The van der Waals surface area contributed by atoms with Crippen LogP contribution in [-0.2, 0) is 13.6 Å². The zero-order valence-electron chi connectivity index (χ0n) is 11.3. The van der Waals surface area contributed by atoms with E-state index in [1.165, 1.54) is 6.33 Å². The van der Waals surface area contributed by atoms with E-state index in [1.807, 2.05) is 11.6 Å². The Morgan fingerprint density at radius 1 is 1.43 bits per heavy atom. The van der Waals surface area contributed by atoms with Crippen LogP contribution in [0, 0.1) is 0 Å². The van der Waals surface area contributed by atoms with Crippen LogP contribution >= 0.6 is 0 Å². The minimum atomic E-state index is -0.328. The number of nitrogens with zero attached hydrogens (tertiary/aromatic N) is 3. The smallest absolute Gasteiger partial charge is 0.259 e. The molecule has 0 atom stereocenters. The molecule has 21 heavy (non-hydrogen) atoms. The molecule has 3 rings (SSSR count). The molecular formula is C14H13N5O2. The number of carbonyl (C=O) groups excluding carboxylic acids is 1. The minimum Gasteiger partial charge on any atom is -0.346 e. The maximum Gasteiger partial charge on any atom is 0.259 e. The van der Waals surface area contributed by atoms with Gasteiger partial charge in [0, 0.05) is 13.2 Å². The number of rotatable bonds is 3. The minimum absolute atomic E-state index is 0.294. The maximum atomic E-state index is 12.3. The number of H-pyrrole nitrogens is 1. The predicted molar refractivity (Wildman–Crippen MR) is 76.7 cm³/mol. The number of hydrogen-bond donors (Lipinski definition) is 2. The van der Waals surface area contributed by atoms with E-state index in [0.29, 0.717) is 23.0 Å².